The van der Waals surface area contributed by atoms with Crippen LogP contribution in [0.4, 0.5) is 4.79 Å². The van der Waals surface area contributed by atoms with Crippen molar-refractivity contribution in [3.05, 3.63) is 58.6 Å². The second-order valence-corrected chi connectivity index (χ2v) is 10.1. The van der Waals surface area contributed by atoms with Gasteiger partial charge in [0.2, 0.25) is 11.6 Å². The summed E-state index contributed by atoms with van der Waals surface area (Å²) in [7, 11) is 4.21. The number of fused-ring (bicyclic) bond motifs is 2. The molecule has 0 saturated heterocycles. The number of hydrogen-bond donors (Lipinski definition) is 3. The largest absolute Gasteiger partial charge is 0.492 e. The van der Waals surface area contributed by atoms with Crippen molar-refractivity contribution in [3.8, 4) is 0 Å². The number of primary amides is 1. The van der Waals surface area contributed by atoms with Crippen LogP contribution in [0.1, 0.15) is 40.5 Å². The van der Waals surface area contributed by atoms with Crippen LogP contribution in [0.3, 0.4) is 0 Å². The van der Waals surface area contributed by atoms with E-state index in [-0.39, 0.29) is 34.9 Å². The second-order valence-electron chi connectivity index (χ2n) is 10.1. The lowest BCUT2D eigenvalue weighted by Crippen LogP contribution is -2.37. The molecule has 220 valence electrons. The highest BCUT2D eigenvalue weighted by molar-refractivity contribution is 6.23. The van der Waals surface area contributed by atoms with Gasteiger partial charge in [-0.2, -0.15) is 0 Å². The Morgan fingerprint density at radius 1 is 1.10 bits per heavy atom. The number of aliphatic hydroxyl groups is 1. The molecule has 11 nitrogen and oxygen atoms in total. The Morgan fingerprint density at radius 3 is 2.35 bits per heavy atom. The molecule has 2 rings (SSSR count). The summed E-state index contributed by atoms with van der Waals surface area (Å²) in [5.74, 6) is -2.39. The quantitative estimate of drug-likeness (QED) is 0.346. The van der Waals surface area contributed by atoms with Crippen LogP contribution in [-0.4, -0.2) is 74.4 Å². The number of hydrogen-bond acceptors (Lipinski definition) is 9. The average Bonchev–Trinajstić information content (AvgIpc) is 2.90. The number of allylic oxidation sites excluding steroid dienone is 4. The summed E-state index contributed by atoms with van der Waals surface area (Å²) in [6, 6.07) is 0. The fraction of sp³-hybridized carbons (Fsp3) is 0.517. The molecule has 0 spiro atoms. The highest BCUT2D eigenvalue weighted by Gasteiger charge is 2.34. The number of nitrogens with two attached hydrogens (primary N) is 1. The maximum Gasteiger partial charge on any atom is 0.405 e. The van der Waals surface area contributed by atoms with Crippen molar-refractivity contribution >= 4 is 23.6 Å². The van der Waals surface area contributed by atoms with E-state index in [0.29, 0.717) is 12.0 Å². The van der Waals surface area contributed by atoms with Gasteiger partial charge in [0.25, 0.3) is 5.91 Å². The predicted molar refractivity (Wildman–Crippen MR) is 147 cm³/mol. The zero-order valence-corrected chi connectivity index (χ0v) is 24.1. The van der Waals surface area contributed by atoms with Gasteiger partial charge in [0.05, 0.1) is 25.0 Å². The lowest BCUT2D eigenvalue weighted by atomic mass is 9.85. The van der Waals surface area contributed by atoms with Crippen molar-refractivity contribution in [1.82, 2.24) is 5.32 Å². The van der Waals surface area contributed by atoms with Gasteiger partial charge in [0, 0.05) is 37.4 Å². The number of aliphatic hydroxyl groups excluding tert-OH is 1. The van der Waals surface area contributed by atoms with E-state index in [0.717, 1.165) is 6.08 Å². The van der Waals surface area contributed by atoms with Crippen LogP contribution in [0, 0.1) is 11.8 Å². The third-order valence-electron chi connectivity index (χ3n) is 6.95. The van der Waals surface area contributed by atoms with E-state index in [1.165, 1.54) is 34.3 Å². The minimum atomic E-state index is -1.00. The fourth-order valence-corrected chi connectivity index (χ4v) is 4.78. The summed E-state index contributed by atoms with van der Waals surface area (Å²) in [4.78, 5) is 50.6. The number of Topliss-reactive ketones (excluding diaryl/α,β-unsaturated/α-hetero) is 1. The molecule has 1 aliphatic heterocycles. The van der Waals surface area contributed by atoms with Crippen molar-refractivity contribution in [2.75, 3.05) is 21.3 Å². The molecule has 0 unspecified atom stereocenters. The number of rotatable bonds is 4. The summed E-state index contributed by atoms with van der Waals surface area (Å²) in [6.07, 6.45) is 3.61. The molecule has 0 fully saturated rings. The lowest BCUT2D eigenvalue weighted by Gasteiger charge is -2.29. The van der Waals surface area contributed by atoms with Gasteiger partial charge in [0.15, 0.2) is 11.9 Å². The molecule has 0 saturated carbocycles. The van der Waals surface area contributed by atoms with E-state index < -0.39 is 53.9 Å². The molecule has 2 aliphatic rings. The smallest absolute Gasteiger partial charge is 0.405 e. The summed E-state index contributed by atoms with van der Waals surface area (Å²) in [5.41, 5.74) is 6.12. The highest BCUT2D eigenvalue weighted by atomic mass is 16.6. The molecular formula is C29H40N2O9. The van der Waals surface area contributed by atoms with E-state index in [1.54, 1.807) is 32.1 Å². The summed E-state index contributed by atoms with van der Waals surface area (Å²) in [5, 5.41) is 13.7. The normalized spacial score (nSPS) is 32.7. The van der Waals surface area contributed by atoms with Crippen molar-refractivity contribution in [3.63, 3.8) is 0 Å². The summed E-state index contributed by atoms with van der Waals surface area (Å²) >= 11 is 0. The van der Waals surface area contributed by atoms with Gasteiger partial charge in [-0.15, -0.1) is 0 Å². The van der Waals surface area contributed by atoms with Crippen molar-refractivity contribution in [2.24, 2.45) is 17.6 Å². The standard InChI is InChI=1S/C29H40N2O9/c1-15-11-19-25(34)20(14-21(32)27(19)39-7)31-28(35)16(2)9-8-10-22(37-5)26(40-29(30)36)18(4)13-17(3)24(33)23(12-15)38-6/h8-10,13-15,17,22-24,26,33H,11-12H2,1-7H3,(H2,30,36)(H,31,35)/b10-8+,16-9-,18-13+/t15-,17-,22-,23+,24-,26+/m1/s1. The summed E-state index contributed by atoms with van der Waals surface area (Å²) in [6.45, 7) is 6.92. The minimum Gasteiger partial charge on any atom is -0.492 e. The Labute approximate surface area is 234 Å². The average molecular weight is 561 g/mol. The number of amides is 2. The highest BCUT2D eigenvalue weighted by Crippen LogP contribution is 2.29. The van der Waals surface area contributed by atoms with Gasteiger partial charge < -0.3 is 35.1 Å². The molecule has 1 aliphatic carbocycles. The first-order valence-corrected chi connectivity index (χ1v) is 13.0. The van der Waals surface area contributed by atoms with E-state index in [1.807, 2.05) is 6.92 Å². The van der Waals surface area contributed by atoms with Crippen LogP contribution in [0.15, 0.2) is 58.6 Å². The zero-order chi connectivity index (χ0) is 30.1. The number of nitrogens with one attached hydrogen (secondary N) is 1. The van der Waals surface area contributed by atoms with Crippen LogP contribution in [0.5, 0.6) is 0 Å². The zero-order valence-electron chi connectivity index (χ0n) is 24.1. The molecule has 0 aromatic rings. The molecule has 2 bridgehead atoms. The van der Waals surface area contributed by atoms with Crippen LogP contribution in [-0.2, 0) is 33.3 Å². The molecule has 11 heteroatoms. The van der Waals surface area contributed by atoms with E-state index >= 15 is 0 Å². The van der Waals surface area contributed by atoms with E-state index in [9.17, 15) is 24.3 Å². The van der Waals surface area contributed by atoms with E-state index in [2.05, 4.69) is 5.32 Å². The first-order valence-electron chi connectivity index (χ1n) is 13.0. The Morgan fingerprint density at radius 2 is 1.77 bits per heavy atom. The maximum absolute atomic E-state index is 13.3. The molecule has 0 aromatic carbocycles. The Balaban J connectivity index is 2.60. The van der Waals surface area contributed by atoms with Gasteiger partial charge in [-0.3, -0.25) is 14.4 Å². The lowest BCUT2D eigenvalue weighted by molar-refractivity contribution is -0.120. The number of methoxy groups -OCH3 is 3. The molecular weight excluding hydrogens is 520 g/mol. The Bertz CT molecular complexity index is 1150. The topological polar surface area (TPSA) is 163 Å². The van der Waals surface area contributed by atoms with E-state index in [4.69, 9.17) is 24.7 Å². The fourth-order valence-electron chi connectivity index (χ4n) is 4.78. The Kier molecular flexibility index (Phi) is 12.0. The van der Waals surface area contributed by atoms with Crippen LogP contribution in [0.25, 0.3) is 0 Å². The van der Waals surface area contributed by atoms with Crippen molar-refractivity contribution < 1.29 is 43.2 Å². The molecule has 0 aromatic heterocycles. The molecule has 0 radical (unpaired) electrons. The maximum atomic E-state index is 13.3. The van der Waals surface area contributed by atoms with Crippen LogP contribution >= 0.6 is 0 Å². The molecule has 6 atom stereocenters. The number of ether oxygens (including phenoxy) is 4. The first-order chi connectivity index (χ1) is 18.8. The first kappa shape index (κ1) is 32.7. The third-order valence-corrected chi connectivity index (χ3v) is 6.95. The monoisotopic (exact) mass is 560 g/mol. The third kappa shape index (κ3) is 8.23. The Hall–Kier alpha value is -3.54. The van der Waals surface area contributed by atoms with Crippen molar-refractivity contribution in [1.29, 1.82) is 0 Å². The van der Waals surface area contributed by atoms with Gasteiger partial charge in [0.1, 0.15) is 6.10 Å². The van der Waals surface area contributed by atoms with Crippen LogP contribution in [0.2, 0.25) is 0 Å². The molecule has 1 heterocycles. The number of ketones is 2. The molecule has 4 N–H and O–H groups in total. The predicted octanol–water partition coefficient (Wildman–Crippen LogP) is 2.41. The van der Waals surface area contributed by atoms with Gasteiger partial charge >= 0.3 is 6.09 Å². The van der Waals surface area contributed by atoms with Crippen molar-refractivity contribution in [2.45, 2.75) is 65.0 Å². The minimum absolute atomic E-state index is 0.0801. The number of carbonyl (C=O) groups excluding carboxylic acids is 4. The van der Waals surface area contributed by atoms with Crippen LogP contribution < -0.4 is 11.1 Å². The SMILES string of the molecule is COC1=C2C[C@@H](C)C[C@H](OC)[C@H](O)[C@H](C)/C=C(\C)[C@H](OC(N)=O)[C@H](OC)/C=C/C=C(/C)C(=O)NC(=CC1=O)C2=O. The molecule has 40 heavy (non-hydrogen) atoms. The summed E-state index contributed by atoms with van der Waals surface area (Å²) < 4.78 is 21.7. The molecule has 2 amide bonds. The second kappa shape index (κ2) is 14.7. The van der Waals surface area contributed by atoms with Gasteiger partial charge in [-0.1, -0.05) is 38.2 Å². The van der Waals surface area contributed by atoms with Gasteiger partial charge in [-0.25, -0.2) is 4.79 Å². The van der Waals surface area contributed by atoms with Gasteiger partial charge in [-0.05, 0) is 38.2 Å². The number of carbonyl (C=O) groups is 4.